The molecule has 1 fully saturated rings. The van der Waals surface area contributed by atoms with Crippen LogP contribution in [0.1, 0.15) is 11.3 Å². The van der Waals surface area contributed by atoms with Crippen molar-refractivity contribution in [1.29, 1.82) is 0 Å². The van der Waals surface area contributed by atoms with Gasteiger partial charge in [-0.15, -0.1) is 0 Å². The molecule has 0 bridgehead atoms. The SMILES string of the molecule is Cc1cc(C)c2ccc(OCC3CO3)cc2n1. The summed E-state index contributed by atoms with van der Waals surface area (Å²) in [5.41, 5.74) is 3.29. The van der Waals surface area contributed by atoms with Crippen molar-refractivity contribution in [3.8, 4) is 5.75 Å². The maximum absolute atomic E-state index is 5.65. The topological polar surface area (TPSA) is 34.6 Å². The van der Waals surface area contributed by atoms with Crippen molar-refractivity contribution in [3.05, 3.63) is 35.5 Å². The Hall–Kier alpha value is -1.61. The lowest BCUT2D eigenvalue weighted by molar-refractivity contribution is 0.263. The van der Waals surface area contributed by atoms with Crippen LogP contribution in [0, 0.1) is 13.8 Å². The van der Waals surface area contributed by atoms with Crippen molar-refractivity contribution < 1.29 is 9.47 Å². The van der Waals surface area contributed by atoms with E-state index in [1.54, 1.807) is 0 Å². The van der Waals surface area contributed by atoms with Gasteiger partial charge >= 0.3 is 0 Å². The zero-order valence-corrected chi connectivity index (χ0v) is 10.1. The van der Waals surface area contributed by atoms with E-state index in [0.29, 0.717) is 6.61 Å². The summed E-state index contributed by atoms with van der Waals surface area (Å²) in [6, 6.07) is 8.16. The van der Waals surface area contributed by atoms with Crippen LogP contribution >= 0.6 is 0 Å². The third-order valence-corrected chi connectivity index (χ3v) is 2.95. The van der Waals surface area contributed by atoms with Gasteiger partial charge in [-0.2, -0.15) is 0 Å². The van der Waals surface area contributed by atoms with Gasteiger partial charge in [0.05, 0.1) is 12.1 Å². The number of aryl methyl sites for hydroxylation is 2. The molecular weight excluding hydrogens is 214 g/mol. The van der Waals surface area contributed by atoms with E-state index >= 15 is 0 Å². The number of epoxide rings is 1. The number of fused-ring (bicyclic) bond motifs is 1. The van der Waals surface area contributed by atoms with Crippen molar-refractivity contribution in [3.63, 3.8) is 0 Å². The summed E-state index contributed by atoms with van der Waals surface area (Å²) in [6.45, 7) is 5.58. The summed E-state index contributed by atoms with van der Waals surface area (Å²) in [6.07, 6.45) is 0.290. The molecular formula is C14H15NO2. The molecule has 2 heterocycles. The van der Waals surface area contributed by atoms with Gasteiger partial charge in [-0.05, 0) is 37.6 Å². The number of hydrogen-bond donors (Lipinski definition) is 0. The van der Waals surface area contributed by atoms with E-state index in [4.69, 9.17) is 9.47 Å². The van der Waals surface area contributed by atoms with Gasteiger partial charge in [0.2, 0.25) is 0 Å². The molecule has 1 aliphatic rings. The van der Waals surface area contributed by atoms with E-state index in [0.717, 1.165) is 23.6 Å². The molecule has 17 heavy (non-hydrogen) atoms. The third-order valence-electron chi connectivity index (χ3n) is 2.95. The molecule has 1 aromatic heterocycles. The lowest BCUT2D eigenvalue weighted by Gasteiger charge is -2.07. The fourth-order valence-corrected chi connectivity index (χ4v) is 1.99. The van der Waals surface area contributed by atoms with Gasteiger partial charge in [0.15, 0.2) is 0 Å². The number of ether oxygens (including phenoxy) is 2. The van der Waals surface area contributed by atoms with Gasteiger partial charge in [-0.1, -0.05) is 0 Å². The van der Waals surface area contributed by atoms with Crippen LogP contribution in [-0.4, -0.2) is 24.3 Å². The van der Waals surface area contributed by atoms with Crippen molar-refractivity contribution in [1.82, 2.24) is 4.98 Å². The molecule has 3 nitrogen and oxygen atoms in total. The number of aromatic nitrogens is 1. The molecule has 1 atom stereocenters. The van der Waals surface area contributed by atoms with Gasteiger partial charge in [-0.3, -0.25) is 4.98 Å². The van der Waals surface area contributed by atoms with Crippen LogP contribution in [0.2, 0.25) is 0 Å². The second kappa shape index (κ2) is 4.00. The van der Waals surface area contributed by atoms with Crippen molar-refractivity contribution in [2.75, 3.05) is 13.2 Å². The zero-order chi connectivity index (χ0) is 11.8. The average Bonchev–Trinajstić information content (AvgIpc) is 3.09. The first-order valence-corrected chi connectivity index (χ1v) is 5.85. The van der Waals surface area contributed by atoms with Crippen LogP contribution < -0.4 is 4.74 Å². The molecule has 0 N–H and O–H groups in total. The molecule has 1 aliphatic heterocycles. The molecule has 0 aliphatic carbocycles. The molecule has 1 unspecified atom stereocenters. The third kappa shape index (κ3) is 2.24. The molecule has 0 amide bonds. The smallest absolute Gasteiger partial charge is 0.121 e. The maximum Gasteiger partial charge on any atom is 0.121 e. The van der Waals surface area contributed by atoms with Crippen LogP contribution in [0.15, 0.2) is 24.3 Å². The van der Waals surface area contributed by atoms with Crippen molar-refractivity contribution in [2.45, 2.75) is 20.0 Å². The first-order chi connectivity index (χ1) is 8.22. The van der Waals surface area contributed by atoms with Crippen LogP contribution in [0.4, 0.5) is 0 Å². The number of rotatable bonds is 3. The molecule has 2 aromatic rings. The Morgan fingerprint density at radius 1 is 1.35 bits per heavy atom. The van der Waals surface area contributed by atoms with Gasteiger partial charge in [0.1, 0.15) is 18.5 Å². The Kier molecular flexibility index (Phi) is 2.48. The summed E-state index contributed by atoms with van der Waals surface area (Å²) in [5, 5.41) is 1.19. The minimum absolute atomic E-state index is 0.290. The molecule has 0 saturated carbocycles. The highest BCUT2D eigenvalue weighted by molar-refractivity contribution is 5.83. The Morgan fingerprint density at radius 3 is 2.94 bits per heavy atom. The highest BCUT2D eigenvalue weighted by atomic mass is 16.6. The molecule has 88 valence electrons. The standard InChI is InChI=1S/C14H15NO2/c1-9-5-10(2)15-14-6-11(3-4-13(9)14)16-7-12-8-17-12/h3-6,12H,7-8H2,1-2H3. The summed E-state index contributed by atoms with van der Waals surface area (Å²) in [7, 11) is 0. The number of nitrogens with zero attached hydrogens (tertiary/aromatic N) is 1. The second-order valence-corrected chi connectivity index (χ2v) is 4.53. The van der Waals surface area contributed by atoms with Gasteiger partial charge in [0, 0.05) is 17.1 Å². The summed E-state index contributed by atoms with van der Waals surface area (Å²) >= 11 is 0. The fraction of sp³-hybridized carbons (Fsp3) is 0.357. The number of pyridine rings is 1. The molecule has 1 saturated heterocycles. The van der Waals surface area contributed by atoms with Gasteiger partial charge in [-0.25, -0.2) is 0 Å². The Bertz CT molecular complexity index is 561. The van der Waals surface area contributed by atoms with Crippen LogP contribution in [0.3, 0.4) is 0 Å². The van der Waals surface area contributed by atoms with Crippen molar-refractivity contribution >= 4 is 10.9 Å². The van der Waals surface area contributed by atoms with Crippen molar-refractivity contribution in [2.24, 2.45) is 0 Å². The molecule has 0 spiro atoms. The van der Waals surface area contributed by atoms with Gasteiger partial charge in [0.25, 0.3) is 0 Å². The maximum atomic E-state index is 5.65. The lowest BCUT2D eigenvalue weighted by atomic mass is 10.1. The fourth-order valence-electron chi connectivity index (χ4n) is 1.99. The normalized spacial score (nSPS) is 18.4. The highest BCUT2D eigenvalue weighted by Crippen LogP contribution is 2.23. The largest absolute Gasteiger partial charge is 0.491 e. The predicted molar refractivity (Wildman–Crippen MR) is 66.5 cm³/mol. The van der Waals surface area contributed by atoms with E-state index in [1.807, 2.05) is 19.1 Å². The summed E-state index contributed by atoms with van der Waals surface area (Å²) in [5.74, 6) is 0.866. The monoisotopic (exact) mass is 229 g/mol. The molecule has 1 aromatic carbocycles. The van der Waals surface area contributed by atoms with E-state index in [1.165, 1.54) is 10.9 Å². The molecule has 3 rings (SSSR count). The van der Waals surface area contributed by atoms with E-state index < -0.39 is 0 Å². The summed E-state index contributed by atoms with van der Waals surface area (Å²) < 4.78 is 10.8. The quantitative estimate of drug-likeness (QED) is 0.759. The van der Waals surface area contributed by atoms with E-state index in [9.17, 15) is 0 Å². The Labute approximate surface area is 100 Å². The highest BCUT2D eigenvalue weighted by Gasteiger charge is 2.23. The number of hydrogen-bond acceptors (Lipinski definition) is 3. The van der Waals surface area contributed by atoms with Crippen LogP contribution in [0.25, 0.3) is 10.9 Å². The predicted octanol–water partition coefficient (Wildman–Crippen LogP) is 2.63. The first kappa shape index (κ1) is 10.5. The van der Waals surface area contributed by atoms with Gasteiger partial charge < -0.3 is 9.47 Å². The molecule has 3 heteroatoms. The summed E-state index contributed by atoms with van der Waals surface area (Å²) in [4.78, 5) is 4.53. The minimum atomic E-state index is 0.290. The van der Waals surface area contributed by atoms with E-state index in [-0.39, 0.29) is 6.10 Å². The Morgan fingerprint density at radius 2 is 2.18 bits per heavy atom. The van der Waals surface area contributed by atoms with Crippen LogP contribution in [-0.2, 0) is 4.74 Å². The average molecular weight is 229 g/mol. The molecule has 0 radical (unpaired) electrons. The second-order valence-electron chi connectivity index (χ2n) is 4.53. The van der Waals surface area contributed by atoms with E-state index in [2.05, 4.69) is 24.0 Å². The van der Waals surface area contributed by atoms with Crippen LogP contribution in [0.5, 0.6) is 5.75 Å². The lowest BCUT2D eigenvalue weighted by Crippen LogP contribution is -2.04. The Balaban J connectivity index is 1.93. The first-order valence-electron chi connectivity index (χ1n) is 5.85. The minimum Gasteiger partial charge on any atom is -0.491 e. The zero-order valence-electron chi connectivity index (χ0n) is 10.1. The number of benzene rings is 1.